The van der Waals surface area contributed by atoms with Crippen LogP contribution >= 0.6 is 12.2 Å². The van der Waals surface area contributed by atoms with Gasteiger partial charge in [-0.25, -0.2) is 9.97 Å². The monoisotopic (exact) mass is 269 g/mol. The molecule has 1 aromatic heterocycles. The molecule has 1 rings (SSSR count). The molecule has 98 valence electrons. The number of thiocarbonyl (C=S) groups is 1. The van der Waals surface area contributed by atoms with Gasteiger partial charge < -0.3 is 21.1 Å². The van der Waals surface area contributed by atoms with Crippen LogP contribution in [-0.4, -0.2) is 47.7 Å². The molecular weight excluding hydrogens is 254 g/mol. The summed E-state index contributed by atoms with van der Waals surface area (Å²) < 4.78 is 4.81. The molecule has 0 aromatic carbocycles. The van der Waals surface area contributed by atoms with Gasteiger partial charge in [-0.15, -0.1) is 0 Å². The van der Waals surface area contributed by atoms with Gasteiger partial charge in [-0.2, -0.15) is 0 Å². The van der Waals surface area contributed by atoms with E-state index in [0.717, 1.165) is 0 Å². The summed E-state index contributed by atoms with van der Waals surface area (Å²) >= 11 is 4.75. The van der Waals surface area contributed by atoms with Crippen LogP contribution in [0.5, 0.6) is 0 Å². The predicted molar refractivity (Wildman–Crippen MR) is 71.3 cm³/mol. The third-order valence-electron chi connectivity index (χ3n) is 1.96. The molecule has 0 saturated heterocycles. The molecule has 18 heavy (non-hydrogen) atoms. The van der Waals surface area contributed by atoms with Crippen molar-refractivity contribution >= 4 is 28.9 Å². The smallest absolute Gasteiger partial charge is 0.239 e. The molecule has 1 aromatic rings. The van der Waals surface area contributed by atoms with E-state index in [1.807, 2.05) is 0 Å². The Morgan fingerprint density at radius 1 is 1.50 bits per heavy atom. The summed E-state index contributed by atoms with van der Waals surface area (Å²) in [6.07, 6.45) is 2.92. The zero-order valence-electron chi connectivity index (χ0n) is 9.97. The molecule has 0 aliphatic carbocycles. The molecule has 1 heterocycles. The predicted octanol–water partition coefficient (Wildman–Crippen LogP) is -0.715. The second-order valence-electron chi connectivity index (χ2n) is 3.35. The van der Waals surface area contributed by atoms with Crippen molar-refractivity contribution in [1.82, 2.24) is 15.3 Å². The van der Waals surface area contributed by atoms with Crippen molar-refractivity contribution in [1.29, 1.82) is 0 Å². The molecule has 0 bridgehead atoms. The number of nitrogens with one attached hydrogen (secondary N) is 2. The molecule has 4 N–H and O–H groups in total. The standard InChI is InChI=1S/C10H15N5O2S/c1-17-3-2-12-9(16)6-15-8-5-13-7(4-14-8)10(11)18/h4-5H,2-3,6H2,1H3,(H2,11,18)(H,12,16)(H,14,15). The number of nitrogens with two attached hydrogens (primary N) is 1. The highest BCUT2D eigenvalue weighted by atomic mass is 32.1. The molecular formula is C10H15N5O2S. The third kappa shape index (κ3) is 5.02. The second-order valence-corrected chi connectivity index (χ2v) is 3.79. The summed E-state index contributed by atoms with van der Waals surface area (Å²) in [4.78, 5) is 19.5. The van der Waals surface area contributed by atoms with E-state index in [0.29, 0.717) is 24.7 Å². The van der Waals surface area contributed by atoms with Gasteiger partial charge in [-0.05, 0) is 0 Å². The van der Waals surface area contributed by atoms with Crippen LogP contribution in [0.4, 0.5) is 5.82 Å². The highest BCUT2D eigenvalue weighted by molar-refractivity contribution is 7.80. The first kappa shape index (κ1) is 14.3. The molecule has 8 heteroatoms. The summed E-state index contributed by atoms with van der Waals surface area (Å²) in [7, 11) is 1.57. The van der Waals surface area contributed by atoms with Crippen LogP contribution in [0.25, 0.3) is 0 Å². The topological polar surface area (TPSA) is 102 Å². The molecule has 7 nitrogen and oxygen atoms in total. The highest BCUT2D eigenvalue weighted by Crippen LogP contribution is 2.00. The number of hydrogen-bond acceptors (Lipinski definition) is 6. The first-order chi connectivity index (χ1) is 8.63. The first-order valence-corrected chi connectivity index (χ1v) is 5.65. The summed E-state index contributed by atoms with van der Waals surface area (Å²) in [5.74, 6) is 0.337. The van der Waals surface area contributed by atoms with E-state index >= 15 is 0 Å². The van der Waals surface area contributed by atoms with E-state index in [9.17, 15) is 4.79 Å². The molecule has 0 aliphatic rings. The summed E-state index contributed by atoms with van der Waals surface area (Å²) in [6.45, 7) is 1.07. The molecule has 0 unspecified atom stereocenters. The second kappa shape index (κ2) is 7.51. The number of carbonyl (C=O) groups excluding carboxylic acids is 1. The van der Waals surface area contributed by atoms with Gasteiger partial charge in [0.05, 0.1) is 25.5 Å². The van der Waals surface area contributed by atoms with Crippen molar-refractivity contribution in [3.63, 3.8) is 0 Å². The van der Waals surface area contributed by atoms with Crippen LogP contribution in [0, 0.1) is 0 Å². The number of carbonyl (C=O) groups is 1. The van der Waals surface area contributed by atoms with Crippen molar-refractivity contribution in [3.8, 4) is 0 Å². The lowest BCUT2D eigenvalue weighted by Crippen LogP contribution is -2.32. The van der Waals surface area contributed by atoms with Gasteiger partial charge in [0.2, 0.25) is 5.91 Å². The lowest BCUT2D eigenvalue weighted by atomic mass is 10.4. The fourth-order valence-electron chi connectivity index (χ4n) is 1.07. The molecule has 0 spiro atoms. The van der Waals surface area contributed by atoms with Crippen molar-refractivity contribution < 1.29 is 9.53 Å². The first-order valence-electron chi connectivity index (χ1n) is 5.25. The van der Waals surface area contributed by atoms with Crippen LogP contribution in [0.3, 0.4) is 0 Å². The van der Waals surface area contributed by atoms with Crippen molar-refractivity contribution in [2.75, 3.05) is 32.1 Å². The normalized spacial score (nSPS) is 9.83. The van der Waals surface area contributed by atoms with E-state index in [-0.39, 0.29) is 17.4 Å². The largest absolute Gasteiger partial charge is 0.388 e. The average Bonchev–Trinajstić information content (AvgIpc) is 2.37. The van der Waals surface area contributed by atoms with E-state index in [1.165, 1.54) is 12.4 Å². The van der Waals surface area contributed by atoms with Crippen molar-refractivity contribution in [2.24, 2.45) is 5.73 Å². The van der Waals surface area contributed by atoms with Crippen LogP contribution in [0.2, 0.25) is 0 Å². The van der Waals surface area contributed by atoms with Crippen molar-refractivity contribution in [3.05, 3.63) is 18.1 Å². The fourth-order valence-corrected chi connectivity index (χ4v) is 1.18. The molecule has 0 atom stereocenters. The highest BCUT2D eigenvalue weighted by Gasteiger charge is 2.02. The number of nitrogens with zero attached hydrogens (tertiary/aromatic N) is 2. The van der Waals surface area contributed by atoms with Crippen LogP contribution < -0.4 is 16.4 Å². The van der Waals surface area contributed by atoms with E-state index in [1.54, 1.807) is 7.11 Å². The van der Waals surface area contributed by atoms with Crippen LogP contribution in [-0.2, 0) is 9.53 Å². The van der Waals surface area contributed by atoms with E-state index in [4.69, 9.17) is 22.7 Å². The number of aromatic nitrogens is 2. The minimum atomic E-state index is -0.146. The fraction of sp³-hybridized carbons (Fsp3) is 0.400. The van der Waals surface area contributed by atoms with Gasteiger partial charge in [-0.3, -0.25) is 4.79 Å². The number of hydrogen-bond donors (Lipinski definition) is 3. The SMILES string of the molecule is COCCNC(=O)CNc1cnc(C(N)=S)cn1. The summed E-state index contributed by atoms with van der Waals surface area (Å²) in [6, 6.07) is 0. The Hall–Kier alpha value is -1.80. The van der Waals surface area contributed by atoms with Gasteiger partial charge in [0.1, 0.15) is 16.5 Å². The molecule has 0 radical (unpaired) electrons. The van der Waals surface area contributed by atoms with E-state index in [2.05, 4.69) is 20.6 Å². The number of methoxy groups -OCH3 is 1. The number of ether oxygens (including phenoxy) is 1. The van der Waals surface area contributed by atoms with E-state index < -0.39 is 0 Å². The Morgan fingerprint density at radius 3 is 2.83 bits per heavy atom. The van der Waals surface area contributed by atoms with Gasteiger partial charge in [0.15, 0.2) is 0 Å². The lowest BCUT2D eigenvalue weighted by Gasteiger charge is -2.06. The molecule has 0 aliphatic heterocycles. The number of amides is 1. The number of anilines is 1. The zero-order chi connectivity index (χ0) is 13.4. The zero-order valence-corrected chi connectivity index (χ0v) is 10.8. The maximum atomic E-state index is 11.3. The maximum Gasteiger partial charge on any atom is 0.239 e. The molecule has 1 amide bonds. The van der Waals surface area contributed by atoms with Gasteiger partial charge >= 0.3 is 0 Å². The molecule has 0 fully saturated rings. The quantitative estimate of drug-likeness (QED) is 0.443. The number of rotatable bonds is 7. The Morgan fingerprint density at radius 2 is 2.28 bits per heavy atom. The van der Waals surface area contributed by atoms with Gasteiger partial charge in [0.25, 0.3) is 0 Å². The molecule has 0 saturated carbocycles. The minimum Gasteiger partial charge on any atom is -0.388 e. The summed E-state index contributed by atoms with van der Waals surface area (Å²) in [5.41, 5.74) is 5.83. The average molecular weight is 269 g/mol. The Labute approximate surface area is 110 Å². The minimum absolute atomic E-state index is 0.116. The summed E-state index contributed by atoms with van der Waals surface area (Å²) in [5, 5.41) is 5.49. The Kier molecular flexibility index (Phi) is 5.95. The van der Waals surface area contributed by atoms with Gasteiger partial charge in [-0.1, -0.05) is 12.2 Å². The third-order valence-corrected chi connectivity index (χ3v) is 2.17. The van der Waals surface area contributed by atoms with Crippen LogP contribution in [0.15, 0.2) is 12.4 Å². The van der Waals surface area contributed by atoms with Gasteiger partial charge in [0, 0.05) is 13.7 Å². The Bertz CT molecular complexity index is 409. The maximum absolute atomic E-state index is 11.3. The van der Waals surface area contributed by atoms with Crippen LogP contribution in [0.1, 0.15) is 5.69 Å². The Balaban J connectivity index is 2.34. The van der Waals surface area contributed by atoms with Crippen molar-refractivity contribution in [2.45, 2.75) is 0 Å². The lowest BCUT2D eigenvalue weighted by molar-refractivity contribution is -0.119.